The van der Waals surface area contributed by atoms with Crippen molar-refractivity contribution < 1.29 is 9.59 Å². The zero-order chi connectivity index (χ0) is 19.3. The third kappa shape index (κ3) is 5.45. The summed E-state index contributed by atoms with van der Waals surface area (Å²) >= 11 is 0. The van der Waals surface area contributed by atoms with Gasteiger partial charge in [-0.15, -0.1) is 0 Å². The molecule has 2 N–H and O–H groups in total. The molecule has 2 aromatic rings. The van der Waals surface area contributed by atoms with E-state index in [9.17, 15) is 9.59 Å². The van der Waals surface area contributed by atoms with E-state index >= 15 is 0 Å². The summed E-state index contributed by atoms with van der Waals surface area (Å²) < 4.78 is 0. The average Bonchev–Trinajstić information content (AvgIpc) is 2.59. The molecular formula is C20H27N3O2Si. The number of carbonyl (C=O) groups is 2. The molecule has 0 fully saturated rings. The first-order valence-corrected chi connectivity index (χ1v) is 12.1. The van der Waals surface area contributed by atoms with Crippen molar-refractivity contribution in [1.29, 1.82) is 0 Å². The van der Waals surface area contributed by atoms with Crippen molar-refractivity contribution in [3.05, 3.63) is 59.7 Å². The lowest BCUT2D eigenvalue weighted by Crippen LogP contribution is -2.37. The molecule has 0 radical (unpaired) electrons. The average molecular weight is 370 g/mol. The van der Waals surface area contributed by atoms with Crippen LogP contribution in [0.25, 0.3) is 0 Å². The Morgan fingerprint density at radius 2 is 1.65 bits per heavy atom. The highest BCUT2D eigenvalue weighted by molar-refractivity contribution is 6.88. The molecule has 26 heavy (non-hydrogen) atoms. The number of anilines is 1. The van der Waals surface area contributed by atoms with Crippen molar-refractivity contribution in [2.75, 3.05) is 19.4 Å². The number of amides is 3. The Kier molecular flexibility index (Phi) is 6.21. The third-order valence-corrected chi connectivity index (χ3v) is 6.11. The Morgan fingerprint density at radius 1 is 1.00 bits per heavy atom. The van der Waals surface area contributed by atoms with Crippen LogP contribution >= 0.6 is 0 Å². The second kappa shape index (κ2) is 8.18. The van der Waals surface area contributed by atoms with E-state index in [-0.39, 0.29) is 11.9 Å². The molecule has 3 amide bonds. The first-order valence-electron chi connectivity index (χ1n) is 8.63. The molecule has 0 unspecified atom stereocenters. The summed E-state index contributed by atoms with van der Waals surface area (Å²) in [5, 5.41) is 7.01. The molecule has 0 aromatic heterocycles. The van der Waals surface area contributed by atoms with Crippen LogP contribution in [0.5, 0.6) is 0 Å². The zero-order valence-corrected chi connectivity index (χ0v) is 17.1. The lowest BCUT2D eigenvalue weighted by molar-refractivity contribution is 0.0827. The van der Waals surface area contributed by atoms with E-state index in [2.05, 4.69) is 54.5 Å². The van der Waals surface area contributed by atoms with Crippen LogP contribution in [0.3, 0.4) is 0 Å². The van der Waals surface area contributed by atoms with Crippen molar-refractivity contribution in [3.8, 4) is 0 Å². The fourth-order valence-corrected chi connectivity index (χ4v) is 3.64. The maximum Gasteiger partial charge on any atom is 0.319 e. The van der Waals surface area contributed by atoms with Gasteiger partial charge in [-0.25, -0.2) is 4.79 Å². The van der Waals surface area contributed by atoms with E-state index in [1.54, 1.807) is 38.4 Å². The number of rotatable bonds is 5. The van der Waals surface area contributed by atoms with Gasteiger partial charge in [-0.2, -0.15) is 0 Å². The van der Waals surface area contributed by atoms with E-state index in [0.29, 0.717) is 17.8 Å². The maximum atomic E-state index is 12.1. The molecule has 6 heteroatoms. The Balaban J connectivity index is 1.93. The monoisotopic (exact) mass is 369 g/mol. The van der Waals surface area contributed by atoms with Gasteiger partial charge in [0.15, 0.2) is 0 Å². The molecule has 0 saturated carbocycles. The smallest absolute Gasteiger partial charge is 0.319 e. The van der Waals surface area contributed by atoms with Gasteiger partial charge in [0.1, 0.15) is 0 Å². The van der Waals surface area contributed by atoms with Crippen LogP contribution in [0.2, 0.25) is 19.6 Å². The highest BCUT2D eigenvalue weighted by Crippen LogP contribution is 2.12. The second-order valence-electron chi connectivity index (χ2n) is 7.53. The molecule has 138 valence electrons. The Morgan fingerprint density at radius 3 is 2.23 bits per heavy atom. The van der Waals surface area contributed by atoms with Gasteiger partial charge in [-0.05, 0) is 23.8 Å². The van der Waals surface area contributed by atoms with Crippen molar-refractivity contribution >= 4 is 30.9 Å². The summed E-state index contributed by atoms with van der Waals surface area (Å²) in [6, 6.07) is 15.0. The number of urea groups is 1. The van der Waals surface area contributed by atoms with E-state index in [1.165, 1.54) is 10.1 Å². The first-order chi connectivity index (χ1) is 12.2. The predicted molar refractivity (Wildman–Crippen MR) is 110 cm³/mol. The molecule has 0 atom stereocenters. The Bertz CT molecular complexity index is 780. The maximum absolute atomic E-state index is 12.1. The van der Waals surface area contributed by atoms with Gasteiger partial charge < -0.3 is 15.5 Å². The van der Waals surface area contributed by atoms with Crippen LogP contribution in [0.1, 0.15) is 15.9 Å². The fourth-order valence-electron chi connectivity index (χ4n) is 2.47. The van der Waals surface area contributed by atoms with Crippen molar-refractivity contribution in [1.82, 2.24) is 10.2 Å². The van der Waals surface area contributed by atoms with Gasteiger partial charge in [0, 0.05) is 31.9 Å². The molecule has 0 spiro atoms. The highest BCUT2D eigenvalue weighted by Gasteiger charge is 2.15. The summed E-state index contributed by atoms with van der Waals surface area (Å²) in [5.74, 6) is -0.100. The van der Waals surface area contributed by atoms with Crippen molar-refractivity contribution in [3.63, 3.8) is 0 Å². The standard InChI is InChI=1S/C20H27N3O2Si/c1-23(2)19(24)16-7-6-8-17(13-16)22-20(25)21-14-15-9-11-18(12-10-15)26(3,4)5/h6-13H,14H2,1-5H3,(H2,21,22,25). The lowest BCUT2D eigenvalue weighted by Gasteiger charge is -2.17. The molecule has 0 heterocycles. The van der Waals surface area contributed by atoms with Crippen LogP contribution in [-0.2, 0) is 6.54 Å². The first kappa shape index (κ1) is 19.7. The highest BCUT2D eigenvalue weighted by atomic mass is 28.3. The number of benzene rings is 2. The Hall–Kier alpha value is -2.60. The number of nitrogens with zero attached hydrogens (tertiary/aromatic N) is 1. The van der Waals surface area contributed by atoms with Gasteiger partial charge in [0.2, 0.25) is 0 Å². The quantitative estimate of drug-likeness (QED) is 0.795. The summed E-state index contributed by atoms with van der Waals surface area (Å²) in [7, 11) is 2.09. The molecule has 2 rings (SSSR count). The molecule has 0 aliphatic rings. The van der Waals surface area contributed by atoms with Crippen LogP contribution < -0.4 is 15.8 Å². The van der Waals surface area contributed by atoms with Gasteiger partial charge in [0.25, 0.3) is 5.91 Å². The predicted octanol–water partition coefficient (Wildman–Crippen LogP) is 3.26. The minimum Gasteiger partial charge on any atom is -0.345 e. The van der Waals surface area contributed by atoms with Crippen molar-refractivity contribution in [2.24, 2.45) is 0 Å². The second-order valence-corrected chi connectivity index (χ2v) is 12.6. The minimum atomic E-state index is -1.31. The number of carbonyl (C=O) groups excluding carboxylic acids is 2. The largest absolute Gasteiger partial charge is 0.345 e. The van der Waals surface area contributed by atoms with Crippen LogP contribution in [0.15, 0.2) is 48.5 Å². The van der Waals surface area contributed by atoms with E-state index in [0.717, 1.165) is 5.56 Å². The summed E-state index contributed by atoms with van der Waals surface area (Å²) in [6.45, 7) is 7.38. The molecule has 0 saturated heterocycles. The van der Waals surface area contributed by atoms with Gasteiger partial charge in [-0.3, -0.25) is 4.79 Å². The summed E-state index contributed by atoms with van der Waals surface area (Å²) in [5.41, 5.74) is 2.18. The molecule has 0 aliphatic heterocycles. The molecule has 0 bridgehead atoms. The fraction of sp³-hybridized carbons (Fsp3) is 0.300. The summed E-state index contributed by atoms with van der Waals surface area (Å²) in [4.78, 5) is 25.6. The van der Waals surface area contributed by atoms with E-state index in [4.69, 9.17) is 0 Å². The SMILES string of the molecule is CN(C)C(=O)c1cccc(NC(=O)NCc2ccc([Si](C)(C)C)cc2)c1. The molecular weight excluding hydrogens is 342 g/mol. The number of hydrogen-bond acceptors (Lipinski definition) is 2. The van der Waals surface area contributed by atoms with Crippen LogP contribution in [-0.4, -0.2) is 39.0 Å². The van der Waals surface area contributed by atoms with Crippen LogP contribution in [0, 0.1) is 0 Å². The van der Waals surface area contributed by atoms with E-state index in [1.807, 2.05) is 0 Å². The molecule has 5 nitrogen and oxygen atoms in total. The topological polar surface area (TPSA) is 61.4 Å². The molecule has 2 aromatic carbocycles. The Labute approximate surface area is 156 Å². The molecule has 0 aliphatic carbocycles. The third-order valence-electron chi connectivity index (χ3n) is 4.05. The van der Waals surface area contributed by atoms with E-state index < -0.39 is 8.07 Å². The lowest BCUT2D eigenvalue weighted by atomic mass is 10.2. The minimum absolute atomic E-state index is 0.100. The van der Waals surface area contributed by atoms with Gasteiger partial charge in [-0.1, -0.05) is 55.2 Å². The summed E-state index contributed by atoms with van der Waals surface area (Å²) in [6.07, 6.45) is 0. The van der Waals surface area contributed by atoms with Gasteiger partial charge >= 0.3 is 6.03 Å². The van der Waals surface area contributed by atoms with Crippen LogP contribution in [0.4, 0.5) is 10.5 Å². The number of hydrogen-bond donors (Lipinski definition) is 2. The number of nitrogens with one attached hydrogen (secondary N) is 2. The zero-order valence-electron chi connectivity index (χ0n) is 16.1. The van der Waals surface area contributed by atoms with Crippen molar-refractivity contribution in [2.45, 2.75) is 26.2 Å². The normalized spacial score (nSPS) is 11.0. The van der Waals surface area contributed by atoms with Gasteiger partial charge in [0.05, 0.1) is 8.07 Å².